The molecule has 5 nitrogen and oxygen atoms in total. The van der Waals surface area contributed by atoms with Crippen LogP contribution in [-0.2, 0) is 6.54 Å². The van der Waals surface area contributed by atoms with Gasteiger partial charge in [0.15, 0.2) is 0 Å². The Morgan fingerprint density at radius 2 is 1.93 bits per heavy atom. The number of nitrogens with one attached hydrogen (secondary N) is 1. The van der Waals surface area contributed by atoms with Crippen molar-refractivity contribution in [2.24, 2.45) is 5.92 Å². The van der Waals surface area contributed by atoms with Crippen LogP contribution in [0.1, 0.15) is 28.7 Å². The van der Waals surface area contributed by atoms with Gasteiger partial charge in [-0.3, -0.25) is 4.79 Å². The summed E-state index contributed by atoms with van der Waals surface area (Å²) in [6.07, 6.45) is 3.74. The number of amides is 1. The molecule has 6 heteroatoms. The van der Waals surface area contributed by atoms with Crippen molar-refractivity contribution in [1.82, 2.24) is 14.9 Å². The zero-order chi connectivity index (χ0) is 19.9. The molecule has 2 aromatic carbocycles. The summed E-state index contributed by atoms with van der Waals surface area (Å²) < 4.78 is 2.08. The van der Waals surface area contributed by atoms with E-state index in [1.807, 2.05) is 55.6 Å². The minimum absolute atomic E-state index is 0.105. The number of hydrogen-bond acceptors (Lipinski definition) is 4. The highest BCUT2D eigenvalue weighted by Crippen LogP contribution is 2.32. The summed E-state index contributed by atoms with van der Waals surface area (Å²) in [5.74, 6) is 1.14. The number of hydrogen-bond donors (Lipinski definition) is 1. The van der Waals surface area contributed by atoms with Crippen LogP contribution in [0.2, 0.25) is 0 Å². The minimum Gasteiger partial charge on any atom is -0.352 e. The van der Waals surface area contributed by atoms with E-state index in [1.165, 1.54) is 11.8 Å². The Kier molecular flexibility index (Phi) is 6.51. The van der Waals surface area contributed by atoms with Crippen LogP contribution in [0.25, 0.3) is 0 Å². The molecule has 0 aliphatic heterocycles. The second-order valence-corrected chi connectivity index (χ2v) is 7.73. The second-order valence-electron chi connectivity index (χ2n) is 6.65. The summed E-state index contributed by atoms with van der Waals surface area (Å²) in [6.45, 7) is 5.45. The van der Waals surface area contributed by atoms with Crippen LogP contribution in [0.3, 0.4) is 0 Å². The molecule has 0 fully saturated rings. The molecule has 3 rings (SSSR count). The summed E-state index contributed by atoms with van der Waals surface area (Å²) in [7, 11) is 0. The molecule has 1 aromatic heterocycles. The fourth-order valence-electron chi connectivity index (χ4n) is 2.87. The first-order chi connectivity index (χ1) is 13.6. The van der Waals surface area contributed by atoms with Gasteiger partial charge in [0.1, 0.15) is 11.9 Å². The van der Waals surface area contributed by atoms with Gasteiger partial charge in [-0.2, -0.15) is 5.26 Å². The standard InChI is InChI=1S/C22H22N4OS/c1-16(15-26-12-11-24-17(26)2)14-25-22(27)19-8-4-6-10-21(19)28-20-9-5-3-7-18(20)13-23/h3-12,16H,14-15H2,1-2H3,(H,25,27). The summed E-state index contributed by atoms with van der Waals surface area (Å²) in [4.78, 5) is 18.7. The maximum atomic E-state index is 12.8. The van der Waals surface area contributed by atoms with E-state index in [2.05, 4.69) is 27.9 Å². The van der Waals surface area contributed by atoms with Gasteiger partial charge in [0, 0.05) is 35.3 Å². The number of rotatable bonds is 7. The van der Waals surface area contributed by atoms with Crippen LogP contribution in [0, 0.1) is 24.2 Å². The van der Waals surface area contributed by atoms with Gasteiger partial charge in [-0.25, -0.2) is 4.98 Å². The first kappa shape index (κ1) is 19.7. The van der Waals surface area contributed by atoms with Gasteiger partial charge in [0.2, 0.25) is 0 Å². The maximum absolute atomic E-state index is 12.8. The van der Waals surface area contributed by atoms with Crippen molar-refractivity contribution in [2.75, 3.05) is 6.54 Å². The van der Waals surface area contributed by atoms with Gasteiger partial charge >= 0.3 is 0 Å². The number of aromatic nitrogens is 2. The Bertz CT molecular complexity index is 1010. The van der Waals surface area contributed by atoms with Crippen molar-refractivity contribution in [1.29, 1.82) is 5.26 Å². The Balaban J connectivity index is 1.67. The largest absolute Gasteiger partial charge is 0.352 e. The highest BCUT2D eigenvalue weighted by molar-refractivity contribution is 7.99. The van der Waals surface area contributed by atoms with E-state index in [0.717, 1.165) is 22.2 Å². The number of imidazole rings is 1. The van der Waals surface area contributed by atoms with Crippen LogP contribution >= 0.6 is 11.8 Å². The average molecular weight is 391 g/mol. The summed E-state index contributed by atoms with van der Waals surface area (Å²) >= 11 is 1.44. The third kappa shape index (κ3) is 4.81. The molecule has 3 aromatic rings. The van der Waals surface area contributed by atoms with Crippen LogP contribution in [0.5, 0.6) is 0 Å². The van der Waals surface area contributed by atoms with Crippen molar-refractivity contribution in [3.05, 3.63) is 77.9 Å². The first-order valence-corrected chi connectivity index (χ1v) is 9.92. The Hall–Kier alpha value is -3.04. The van der Waals surface area contributed by atoms with Crippen molar-refractivity contribution in [2.45, 2.75) is 30.2 Å². The highest BCUT2D eigenvalue weighted by atomic mass is 32.2. The molecular weight excluding hydrogens is 368 g/mol. The average Bonchev–Trinajstić information content (AvgIpc) is 3.11. The van der Waals surface area contributed by atoms with Gasteiger partial charge in [-0.1, -0.05) is 43.0 Å². The Morgan fingerprint density at radius 1 is 1.21 bits per heavy atom. The minimum atomic E-state index is -0.105. The van der Waals surface area contributed by atoms with Gasteiger partial charge < -0.3 is 9.88 Å². The number of carbonyl (C=O) groups excluding carboxylic acids is 1. The SMILES string of the molecule is Cc1nccn1CC(C)CNC(=O)c1ccccc1Sc1ccccc1C#N. The van der Waals surface area contributed by atoms with Gasteiger partial charge in [0.05, 0.1) is 11.1 Å². The maximum Gasteiger partial charge on any atom is 0.252 e. The van der Waals surface area contributed by atoms with Crippen molar-refractivity contribution in [3.63, 3.8) is 0 Å². The van der Waals surface area contributed by atoms with Crippen LogP contribution in [0.15, 0.2) is 70.7 Å². The first-order valence-electron chi connectivity index (χ1n) is 9.10. The number of nitrogens with zero attached hydrogens (tertiary/aromatic N) is 3. The molecule has 1 heterocycles. The lowest BCUT2D eigenvalue weighted by Gasteiger charge is -2.15. The van der Waals surface area contributed by atoms with Gasteiger partial charge in [0.25, 0.3) is 5.91 Å². The third-order valence-corrected chi connectivity index (χ3v) is 5.55. The Morgan fingerprint density at radius 3 is 2.64 bits per heavy atom. The normalized spacial score (nSPS) is 11.6. The molecule has 0 saturated carbocycles. The fourth-order valence-corrected chi connectivity index (χ4v) is 3.89. The zero-order valence-electron chi connectivity index (χ0n) is 15.9. The zero-order valence-corrected chi connectivity index (χ0v) is 16.7. The van der Waals surface area contributed by atoms with E-state index >= 15 is 0 Å². The van der Waals surface area contributed by atoms with Crippen LogP contribution in [0.4, 0.5) is 0 Å². The van der Waals surface area contributed by atoms with Crippen molar-refractivity contribution >= 4 is 17.7 Å². The quantitative estimate of drug-likeness (QED) is 0.654. The molecule has 0 saturated heterocycles. The number of benzene rings is 2. The molecule has 1 amide bonds. The second kappa shape index (κ2) is 9.25. The molecular formula is C22H22N4OS. The summed E-state index contributed by atoms with van der Waals surface area (Å²) in [5, 5.41) is 12.3. The molecule has 1 unspecified atom stereocenters. The number of carbonyl (C=O) groups is 1. The predicted molar refractivity (Wildman–Crippen MR) is 110 cm³/mol. The summed E-state index contributed by atoms with van der Waals surface area (Å²) in [6, 6.07) is 17.1. The highest BCUT2D eigenvalue weighted by Gasteiger charge is 2.14. The molecule has 1 N–H and O–H groups in total. The van der Waals surface area contributed by atoms with Gasteiger partial charge in [-0.05, 0) is 37.1 Å². The topological polar surface area (TPSA) is 70.7 Å². The van der Waals surface area contributed by atoms with E-state index in [4.69, 9.17) is 0 Å². The van der Waals surface area contributed by atoms with Crippen molar-refractivity contribution in [3.8, 4) is 6.07 Å². The van der Waals surface area contributed by atoms with Crippen LogP contribution in [-0.4, -0.2) is 22.0 Å². The van der Waals surface area contributed by atoms with Crippen molar-refractivity contribution < 1.29 is 4.79 Å². The molecule has 0 radical (unpaired) electrons. The Labute approximate surface area is 169 Å². The van der Waals surface area contributed by atoms with E-state index < -0.39 is 0 Å². The number of nitriles is 1. The molecule has 0 aliphatic carbocycles. The molecule has 0 bridgehead atoms. The van der Waals surface area contributed by atoms with E-state index in [1.54, 1.807) is 12.3 Å². The lowest BCUT2D eigenvalue weighted by atomic mass is 10.1. The van der Waals surface area contributed by atoms with E-state index in [-0.39, 0.29) is 11.8 Å². The monoisotopic (exact) mass is 390 g/mol. The van der Waals surface area contributed by atoms with E-state index in [0.29, 0.717) is 17.7 Å². The molecule has 28 heavy (non-hydrogen) atoms. The summed E-state index contributed by atoms with van der Waals surface area (Å²) in [5.41, 5.74) is 1.22. The van der Waals surface area contributed by atoms with E-state index in [9.17, 15) is 10.1 Å². The third-order valence-electron chi connectivity index (χ3n) is 4.40. The molecule has 142 valence electrons. The smallest absolute Gasteiger partial charge is 0.252 e. The predicted octanol–water partition coefficient (Wildman–Crippen LogP) is 4.28. The lowest BCUT2D eigenvalue weighted by Crippen LogP contribution is -2.30. The molecule has 0 aliphatic rings. The van der Waals surface area contributed by atoms with Crippen LogP contribution < -0.4 is 5.32 Å². The fraction of sp³-hybridized carbons (Fsp3) is 0.227. The van der Waals surface area contributed by atoms with Gasteiger partial charge in [-0.15, -0.1) is 0 Å². The molecule has 1 atom stereocenters. The lowest BCUT2D eigenvalue weighted by molar-refractivity contribution is 0.0944. The molecule has 0 spiro atoms. The number of aryl methyl sites for hydroxylation is 1.